The van der Waals surface area contributed by atoms with Gasteiger partial charge in [0.15, 0.2) is 0 Å². The predicted octanol–water partition coefficient (Wildman–Crippen LogP) is 4.41. The first-order valence-electron chi connectivity index (χ1n) is 6.04. The molecule has 0 aliphatic heterocycles. The molecule has 1 aromatic carbocycles. The fourth-order valence-electron chi connectivity index (χ4n) is 1.91. The number of aromatic nitrogens is 1. The zero-order chi connectivity index (χ0) is 13.0. The van der Waals surface area contributed by atoms with E-state index < -0.39 is 0 Å². The Morgan fingerprint density at radius 2 is 2.11 bits per heavy atom. The quantitative estimate of drug-likeness (QED) is 0.865. The lowest BCUT2D eigenvalue weighted by Crippen LogP contribution is -2.08. The first kappa shape index (κ1) is 13.1. The Morgan fingerprint density at radius 1 is 1.28 bits per heavy atom. The van der Waals surface area contributed by atoms with Crippen molar-refractivity contribution in [2.75, 3.05) is 5.32 Å². The highest BCUT2D eigenvalue weighted by Gasteiger charge is 2.07. The Hall–Kier alpha value is -1.29. The number of anilines is 1. The number of benzene rings is 1. The van der Waals surface area contributed by atoms with Gasteiger partial charge in [0.05, 0.1) is 12.2 Å². The molecular weight excluding hydrogens is 295 g/mol. The lowest BCUT2D eigenvalue weighted by molar-refractivity contribution is 0.626. The van der Waals surface area contributed by atoms with E-state index in [-0.39, 0.29) is 5.82 Å². The Bertz CT molecular complexity index is 502. The van der Waals surface area contributed by atoms with Crippen LogP contribution in [-0.4, -0.2) is 4.57 Å². The molecule has 0 fully saturated rings. The Balaban J connectivity index is 2.09. The van der Waals surface area contributed by atoms with Gasteiger partial charge in [-0.25, -0.2) is 4.39 Å². The van der Waals surface area contributed by atoms with Crippen molar-refractivity contribution < 1.29 is 4.39 Å². The number of aryl methyl sites for hydroxylation is 1. The largest absolute Gasteiger partial charge is 0.376 e. The van der Waals surface area contributed by atoms with Crippen molar-refractivity contribution >= 4 is 21.6 Å². The van der Waals surface area contributed by atoms with Gasteiger partial charge in [0, 0.05) is 22.9 Å². The normalized spacial score (nSPS) is 10.6. The van der Waals surface area contributed by atoms with Crippen LogP contribution in [0.3, 0.4) is 0 Å². The Labute approximate surface area is 115 Å². The van der Waals surface area contributed by atoms with Crippen molar-refractivity contribution in [3.8, 4) is 0 Å². The Morgan fingerprint density at radius 3 is 2.83 bits per heavy atom. The summed E-state index contributed by atoms with van der Waals surface area (Å²) in [5, 5.41) is 3.14. The summed E-state index contributed by atoms with van der Waals surface area (Å²) in [6.07, 6.45) is 3.14. The minimum Gasteiger partial charge on any atom is -0.376 e. The van der Waals surface area contributed by atoms with Crippen LogP contribution in [0.2, 0.25) is 0 Å². The minimum atomic E-state index is -0.238. The molecule has 0 aliphatic rings. The van der Waals surface area contributed by atoms with Crippen LogP contribution in [0.4, 0.5) is 10.1 Å². The molecule has 0 bridgehead atoms. The zero-order valence-electron chi connectivity index (χ0n) is 10.3. The van der Waals surface area contributed by atoms with E-state index in [0.717, 1.165) is 23.1 Å². The number of hydrogen-bond acceptors (Lipinski definition) is 1. The second kappa shape index (κ2) is 6.05. The van der Waals surface area contributed by atoms with E-state index in [0.29, 0.717) is 12.2 Å². The summed E-state index contributed by atoms with van der Waals surface area (Å²) in [7, 11) is 0. The molecule has 0 spiro atoms. The van der Waals surface area contributed by atoms with E-state index in [2.05, 4.69) is 45.0 Å². The fourth-order valence-corrected chi connectivity index (χ4v) is 2.40. The maximum absolute atomic E-state index is 13.6. The maximum Gasteiger partial charge on any atom is 0.147 e. The van der Waals surface area contributed by atoms with E-state index >= 15 is 0 Å². The number of hydrogen-bond donors (Lipinski definition) is 1. The van der Waals surface area contributed by atoms with E-state index in [1.807, 2.05) is 12.1 Å². The van der Waals surface area contributed by atoms with Gasteiger partial charge in [-0.15, -0.1) is 0 Å². The molecule has 0 atom stereocenters. The second-order valence-electron chi connectivity index (χ2n) is 4.14. The predicted molar refractivity (Wildman–Crippen MR) is 76.1 cm³/mol. The summed E-state index contributed by atoms with van der Waals surface area (Å²) in [4.78, 5) is 0. The molecule has 0 radical (unpaired) electrons. The highest BCUT2D eigenvalue weighted by Crippen LogP contribution is 2.25. The zero-order valence-corrected chi connectivity index (χ0v) is 11.9. The van der Waals surface area contributed by atoms with Gasteiger partial charge in [-0.2, -0.15) is 0 Å². The number of rotatable bonds is 5. The molecular formula is C14H16BrFN2. The van der Waals surface area contributed by atoms with Gasteiger partial charge in [0.2, 0.25) is 0 Å². The fraction of sp³-hybridized carbons (Fsp3) is 0.286. The molecule has 0 saturated heterocycles. The first-order valence-corrected chi connectivity index (χ1v) is 6.83. The summed E-state index contributed by atoms with van der Waals surface area (Å²) >= 11 is 3.35. The average molecular weight is 311 g/mol. The average Bonchev–Trinajstić information content (AvgIpc) is 2.77. The summed E-state index contributed by atoms with van der Waals surface area (Å²) < 4.78 is 16.6. The third-order valence-electron chi connectivity index (χ3n) is 2.80. The molecule has 0 amide bonds. The van der Waals surface area contributed by atoms with Gasteiger partial charge in [-0.05, 0) is 46.6 Å². The van der Waals surface area contributed by atoms with Gasteiger partial charge in [0.25, 0.3) is 0 Å². The number of para-hydroxylation sites is 1. The molecule has 0 unspecified atom stereocenters. The van der Waals surface area contributed by atoms with Gasteiger partial charge in [-0.1, -0.05) is 13.0 Å². The highest BCUT2D eigenvalue weighted by atomic mass is 79.9. The maximum atomic E-state index is 13.6. The van der Waals surface area contributed by atoms with E-state index in [1.165, 1.54) is 6.07 Å². The molecule has 96 valence electrons. The lowest BCUT2D eigenvalue weighted by atomic mass is 10.3. The standard InChI is InChI=1S/C14H16BrFN2/c1-2-8-18-9-4-5-11(18)10-17-14-12(15)6-3-7-13(14)16/h3-7,9,17H,2,8,10H2,1H3. The molecule has 1 N–H and O–H groups in total. The van der Waals surface area contributed by atoms with Crippen LogP contribution >= 0.6 is 15.9 Å². The van der Waals surface area contributed by atoms with Crippen LogP contribution in [0.5, 0.6) is 0 Å². The van der Waals surface area contributed by atoms with Crippen molar-refractivity contribution in [3.05, 3.63) is 52.5 Å². The van der Waals surface area contributed by atoms with Gasteiger partial charge < -0.3 is 9.88 Å². The molecule has 1 aromatic heterocycles. The molecule has 18 heavy (non-hydrogen) atoms. The molecule has 2 rings (SSSR count). The van der Waals surface area contributed by atoms with Crippen molar-refractivity contribution in [2.45, 2.75) is 26.4 Å². The minimum absolute atomic E-state index is 0.238. The lowest BCUT2D eigenvalue weighted by Gasteiger charge is -2.12. The molecule has 2 nitrogen and oxygen atoms in total. The van der Waals surface area contributed by atoms with Crippen molar-refractivity contribution in [2.24, 2.45) is 0 Å². The van der Waals surface area contributed by atoms with Crippen LogP contribution in [0.15, 0.2) is 41.0 Å². The van der Waals surface area contributed by atoms with Gasteiger partial charge in [0.1, 0.15) is 5.82 Å². The van der Waals surface area contributed by atoms with Crippen LogP contribution in [0, 0.1) is 5.82 Å². The van der Waals surface area contributed by atoms with Crippen molar-refractivity contribution in [1.29, 1.82) is 0 Å². The highest BCUT2D eigenvalue weighted by molar-refractivity contribution is 9.10. The summed E-state index contributed by atoms with van der Waals surface area (Å²) in [6, 6.07) is 9.04. The number of nitrogens with zero attached hydrogens (tertiary/aromatic N) is 1. The van der Waals surface area contributed by atoms with Crippen LogP contribution < -0.4 is 5.32 Å². The number of nitrogens with one attached hydrogen (secondary N) is 1. The van der Waals surface area contributed by atoms with Crippen molar-refractivity contribution in [1.82, 2.24) is 4.57 Å². The monoisotopic (exact) mass is 310 g/mol. The first-order chi connectivity index (χ1) is 8.72. The molecule has 4 heteroatoms. The molecule has 0 saturated carbocycles. The summed E-state index contributed by atoms with van der Waals surface area (Å²) in [5.41, 5.74) is 1.67. The molecule has 2 aromatic rings. The van der Waals surface area contributed by atoms with Gasteiger partial charge >= 0.3 is 0 Å². The SMILES string of the molecule is CCCn1cccc1CNc1c(F)cccc1Br. The third kappa shape index (κ3) is 2.93. The van der Waals surface area contributed by atoms with E-state index in [4.69, 9.17) is 0 Å². The summed E-state index contributed by atoms with van der Waals surface area (Å²) in [6.45, 7) is 3.75. The molecule has 1 heterocycles. The second-order valence-corrected chi connectivity index (χ2v) is 5.00. The van der Waals surface area contributed by atoms with Crippen LogP contribution in [-0.2, 0) is 13.1 Å². The van der Waals surface area contributed by atoms with Crippen molar-refractivity contribution in [3.63, 3.8) is 0 Å². The third-order valence-corrected chi connectivity index (χ3v) is 3.46. The number of halogens is 2. The van der Waals surface area contributed by atoms with Gasteiger partial charge in [-0.3, -0.25) is 0 Å². The van der Waals surface area contributed by atoms with Crippen LogP contribution in [0.1, 0.15) is 19.0 Å². The molecule has 0 aliphatic carbocycles. The van der Waals surface area contributed by atoms with E-state index in [9.17, 15) is 4.39 Å². The topological polar surface area (TPSA) is 17.0 Å². The Kier molecular flexibility index (Phi) is 4.42. The summed E-state index contributed by atoms with van der Waals surface area (Å²) in [5.74, 6) is -0.238. The smallest absolute Gasteiger partial charge is 0.147 e. The van der Waals surface area contributed by atoms with Crippen LogP contribution in [0.25, 0.3) is 0 Å². The van der Waals surface area contributed by atoms with E-state index in [1.54, 1.807) is 6.07 Å².